The van der Waals surface area contributed by atoms with Crippen molar-refractivity contribution >= 4 is 11.8 Å². The van der Waals surface area contributed by atoms with Gasteiger partial charge in [0.05, 0.1) is 0 Å². The Kier molecular flexibility index (Phi) is 3.47. The summed E-state index contributed by atoms with van der Waals surface area (Å²) < 4.78 is 18.9. The van der Waals surface area contributed by atoms with Crippen molar-refractivity contribution in [3.8, 4) is 5.75 Å². The summed E-state index contributed by atoms with van der Waals surface area (Å²) in [5.74, 6) is 0.561. The van der Waals surface area contributed by atoms with Gasteiger partial charge in [-0.15, -0.1) is 11.8 Å². The molecule has 3 heteroatoms. The molecule has 0 aliphatic carbocycles. The van der Waals surface area contributed by atoms with E-state index in [2.05, 4.69) is 24.3 Å². The van der Waals surface area contributed by atoms with Crippen LogP contribution in [0.1, 0.15) is 11.1 Å². The van der Waals surface area contributed by atoms with Crippen molar-refractivity contribution in [3.63, 3.8) is 0 Å². The number of benzene rings is 2. The average Bonchev–Trinajstić information content (AvgIpc) is 2.83. The van der Waals surface area contributed by atoms with Gasteiger partial charge in [-0.1, -0.05) is 18.2 Å². The van der Waals surface area contributed by atoms with Crippen molar-refractivity contribution in [2.45, 2.75) is 23.5 Å². The molecule has 0 N–H and O–H groups in total. The highest BCUT2D eigenvalue weighted by Gasteiger charge is 2.22. The standard InChI is InChI=1S/C16H15FOS/c1-11-8-13(6-7-15(11)17)18-10-14-9-12-4-2-3-5-16(12)19-14/h2-8,14H,9-10H2,1H3. The number of halogens is 1. The van der Waals surface area contributed by atoms with E-state index in [0.29, 0.717) is 17.4 Å². The zero-order valence-corrected chi connectivity index (χ0v) is 11.5. The minimum atomic E-state index is -0.185. The lowest BCUT2D eigenvalue weighted by Crippen LogP contribution is -2.13. The molecule has 1 unspecified atom stereocenters. The second-order valence-corrected chi connectivity index (χ2v) is 6.12. The van der Waals surface area contributed by atoms with Gasteiger partial charge in [-0.2, -0.15) is 0 Å². The van der Waals surface area contributed by atoms with Gasteiger partial charge in [-0.05, 0) is 48.7 Å². The third kappa shape index (κ3) is 2.76. The first-order valence-electron chi connectivity index (χ1n) is 6.36. The molecule has 19 heavy (non-hydrogen) atoms. The van der Waals surface area contributed by atoms with Gasteiger partial charge in [-0.25, -0.2) is 4.39 Å². The van der Waals surface area contributed by atoms with Crippen molar-refractivity contribution < 1.29 is 9.13 Å². The Morgan fingerprint density at radius 1 is 1.26 bits per heavy atom. The molecule has 2 aromatic carbocycles. The smallest absolute Gasteiger partial charge is 0.126 e. The van der Waals surface area contributed by atoms with Gasteiger partial charge in [0.25, 0.3) is 0 Å². The highest BCUT2D eigenvalue weighted by atomic mass is 32.2. The fourth-order valence-corrected chi connectivity index (χ4v) is 3.46. The molecule has 0 radical (unpaired) electrons. The van der Waals surface area contributed by atoms with Crippen molar-refractivity contribution in [2.75, 3.05) is 6.61 Å². The van der Waals surface area contributed by atoms with Gasteiger partial charge in [0.2, 0.25) is 0 Å². The van der Waals surface area contributed by atoms with Crippen molar-refractivity contribution in [1.29, 1.82) is 0 Å². The summed E-state index contributed by atoms with van der Waals surface area (Å²) in [6.45, 7) is 2.41. The number of rotatable bonds is 3. The number of aryl methyl sites for hydroxylation is 1. The Morgan fingerprint density at radius 3 is 2.89 bits per heavy atom. The van der Waals surface area contributed by atoms with Crippen LogP contribution < -0.4 is 4.74 Å². The van der Waals surface area contributed by atoms with Gasteiger partial charge in [0.1, 0.15) is 18.2 Å². The van der Waals surface area contributed by atoms with Gasteiger partial charge in [0.15, 0.2) is 0 Å². The summed E-state index contributed by atoms with van der Waals surface area (Å²) in [5.41, 5.74) is 2.02. The maximum atomic E-state index is 13.2. The van der Waals surface area contributed by atoms with Crippen LogP contribution in [-0.2, 0) is 6.42 Å². The first kappa shape index (κ1) is 12.5. The van der Waals surface area contributed by atoms with Gasteiger partial charge in [0, 0.05) is 10.1 Å². The summed E-state index contributed by atoms with van der Waals surface area (Å²) in [5, 5.41) is 0.447. The van der Waals surface area contributed by atoms with E-state index in [9.17, 15) is 4.39 Å². The van der Waals surface area contributed by atoms with Crippen LogP contribution in [0.2, 0.25) is 0 Å². The van der Waals surface area contributed by atoms with Crippen LogP contribution in [-0.4, -0.2) is 11.9 Å². The summed E-state index contributed by atoms with van der Waals surface area (Å²) in [4.78, 5) is 1.35. The summed E-state index contributed by atoms with van der Waals surface area (Å²) >= 11 is 1.86. The van der Waals surface area contributed by atoms with E-state index in [1.807, 2.05) is 11.8 Å². The predicted octanol–water partition coefficient (Wildman–Crippen LogP) is 4.23. The van der Waals surface area contributed by atoms with Gasteiger partial charge in [-0.3, -0.25) is 0 Å². The number of hydrogen-bond donors (Lipinski definition) is 0. The summed E-state index contributed by atoms with van der Waals surface area (Å²) in [6, 6.07) is 13.4. The van der Waals surface area contributed by atoms with E-state index >= 15 is 0 Å². The van der Waals surface area contributed by atoms with Crippen molar-refractivity contribution in [2.24, 2.45) is 0 Å². The molecular weight excluding hydrogens is 259 g/mol. The fraction of sp³-hybridized carbons (Fsp3) is 0.250. The van der Waals surface area contributed by atoms with Crippen LogP contribution in [0.3, 0.4) is 0 Å². The van der Waals surface area contributed by atoms with Gasteiger partial charge >= 0.3 is 0 Å². The molecule has 0 spiro atoms. The van der Waals surface area contributed by atoms with E-state index in [0.717, 1.165) is 12.2 Å². The quantitative estimate of drug-likeness (QED) is 0.828. The molecule has 1 aliphatic heterocycles. The highest BCUT2D eigenvalue weighted by molar-refractivity contribution is 8.00. The van der Waals surface area contributed by atoms with Crippen LogP contribution in [0.15, 0.2) is 47.4 Å². The normalized spacial score (nSPS) is 17.3. The second kappa shape index (κ2) is 5.25. The van der Waals surface area contributed by atoms with Crippen LogP contribution in [0, 0.1) is 12.7 Å². The lowest BCUT2D eigenvalue weighted by Gasteiger charge is -2.11. The molecule has 0 saturated heterocycles. The summed E-state index contributed by atoms with van der Waals surface area (Å²) in [6.07, 6.45) is 1.04. The number of hydrogen-bond acceptors (Lipinski definition) is 2. The number of fused-ring (bicyclic) bond motifs is 1. The number of ether oxygens (including phenoxy) is 1. The zero-order valence-electron chi connectivity index (χ0n) is 10.7. The molecule has 1 heterocycles. The lowest BCUT2D eigenvalue weighted by molar-refractivity contribution is 0.317. The average molecular weight is 274 g/mol. The van der Waals surface area contributed by atoms with E-state index in [4.69, 9.17) is 4.74 Å². The van der Waals surface area contributed by atoms with E-state index in [1.54, 1.807) is 19.1 Å². The second-order valence-electron chi connectivity index (χ2n) is 4.77. The Labute approximate surface area is 116 Å². The molecule has 1 aliphatic rings. The molecule has 0 amide bonds. The topological polar surface area (TPSA) is 9.23 Å². The Bertz CT molecular complexity index is 572. The third-order valence-electron chi connectivity index (χ3n) is 3.28. The Morgan fingerprint density at radius 2 is 2.11 bits per heavy atom. The largest absolute Gasteiger partial charge is 0.492 e. The van der Waals surface area contributed by atoms with Crippen LogP contribution >= 0.6 is 11.8 Å². The van der Waals surface area contributed by atoms with Crippen LogP contribution in [0.4, 0.5) is 4.39 Å². The van der Waals surface area contributed by atoms with Crippen molar-refractivity contribution in [1.82, 2.24) is 0 Å². The van der Waals surface area contributed by atoms with Crippen molar-refractivity contribution in [3.05, 3.63) is 59.4 Å². The summed E-state index contributed by atoms with van der Waals surface area (Å²) in [7, 11) is 0. The lowest BCUT2D eigenvalue weighted by atomic mass is 10.1. The van der Waals surface area contributed by atoms with Crippen LogP contribution in [0.25, 0.3) is 0 Å². The SMILES string of the molecule is Cc1cc(OCC2Cc3ccccc3S2)ccc1F. The molecule has 1 atom stereocenters. The molecule has 0 saturated carbocycles. The Hall–Kier alpha value is -1.48. The van der Waals surface area contributed by atoms with E-state index in [-0.39, 0.29) is 5.82 Å². The molecule has 0 aromatic heterocycles. The minimum absolute atomic E-state index is 0.185. The molecule has 2 aromatic rings. The molecule has 3 rings (SSSR count). The minimum Gasteiger partial charge on any atom is -0.492 e. The zero-order chi connectivity index (χ0) is 13.2. The maximum Gasteiger partial charge on any atom is 0.126 e. The van der Waals surface area contributed by atoms with E-state index < -0.39 is 0 Å². The molecule has 98 valence electrons. The van der Waals surface area contributed by atoms with E-state index in [1.165, 1.54) is 16.5 Å². The predicted molar refractivity (Wildman–Crippen MR) is 76.4 cm³/mol. The molecule has 1 nitrogen and oxygen atoms in total. The Balaban J connectivity index is 1.61. The fourth-order valence-electron chi connectivity index (χ4n) is 2.24. The molecular formula is C16H15FOS. The third-order valence-corrected chi connectivity index (χ3v) is 4.57. The first-order valence-corrected chi connectivity index (χ1v) is 7.24. The molecule has 0 bridgehead atoms. The first-order chi connectivity index (χ1) is 9.22. The van der Waals surface area contributed by atoms with Crippen LogP contribution in [0.5, 0.6) is 5.75 Å². The highest BCUT2D eigenvalue weighted by Crippen LogP contribution is 2.36. The molecule has 0 fully saturated rings. The van der Waals surface area contributed by atoms with Gasteiger partial charge < -0.3 is 4.74 Å². The maximum absolute atomic E-state index is 13.2. The number of thioether (sulfide) groups is 1. The monoisotopic (exact) mass is 274 g/mol.